The predicted octanol–water partition coefficient (Wildman–Crippen LogP) is -0.489. The number of pyridine rings is 1. The summed E-state index contributed by atoms with van der Waals surface area (Å²) in [6.45, 7) is 0.547. The minimum absolute atomic E-state index is 0.0330. The number of hydrogen-bond donors (Lipinski definition) is 1. The molecule has 3 heterocycles. The van der Waals surface area contributed by atoms with Crippen molar-refractivity contribution in [3.63, 3.8) is 0 Å². The van der Waals surface area contributed by atoms with Crippen LogP contribution in [0.4, 0.5) is 0 Å². The lowest BCUT2D eigenvalue weighted by atomic mass is 10.1. The monoisotopic (exact) mass is 245 g/mol. The number of likely N-dealkylation sites (tertiary alicyclic amines) is 1. The van der Waals surface area contributed by atoms with Gasteiger partial charge in [-0.3, -0.25) is 14.0 Å². The molecule has 0 bridgehead atoms. The number of carbonyl (C=O) groups is 1. The summed E-state index contributed by atoms with van der Waals surface area (Å²) in [5, 5.41) is 9.16. The molecule has 2 aromatic heterocycles. The average molecular weight is 245 g/mol. The minimum atomic E-state index is -0.481. The average Bonchev–Trinajstić information content (AvgIpc) is 2.35. The van der Waals surface area contributed by atoms with Gasteiger partial charge in [0.2, 0.25) is 0 Å². The molecule has 18 heavy (non-hydrogen) atoms. The van der Waals surface area contributed by atoms with Gasteiger partial charge in [-0.15, -0.1) is 0 Å². The maximum atomic E-state index is 12.1. The Kier molecular flexibility index (Phi) is 2.38. The Labute approximate surface area is 102 Å². The molecule has 3 rings (SSSR count). The van der Waals surface area contributed by atoms with Crippen LogP contribution in [-0.4, -0.2) is 44.5 Å². The lowest BCUT2D eigenvalue weighted by molar-refractivity contribution is 0.00573. The fourth-order valence-corrected chi connectivity index (χ4v) is 1.96. The van der Waals surface area contributed by atoms with Crippen molar-refractivity contribution >= 4 is 11.6 Å². The smallest absolute Gasteiger partial charge is 0.270 e. The summed E-state index contributed by atoms with van der Waals surface area (Å²) in [5.74, 6) is -0.379. The number of β-amino-alcohol motifs (C(OH)–C–C–N with tert-alkyl or cyclic N) is 1. The van der Waals surface area contributed by atoms with E-state index >= 15 is 0 Å². The highest BCUT2D eigenvalue weighted by Gasteiger charge is 2.31. The number of amides is 1. The highest BCUT2D eigenvalue weighted by Crippen LogP contribution is 2.10. The van der Waals surface area contributed by atoms with E-state index in [-0.39, 0.29) is 30.1 Å². The molecule has 0 radical (unpaired) electrons. The van der Waals surface area contributed by atoms with Gasteiger partial charge in [-0.25, -0.2) is 4.98 Å². The summed E-state index contributed by atoms with van der Waals surface area (Å²) in [6, 6.07) is 5.18. The van der Waals surface area contributed by atoms with Gasteiger partial charge in [-0.1, -0.05) is 6.07 Å². The third kappa shape index (κ3) is 1.58. The maximum absolute atomic E-state index is 12.1. The first-order valence-electron chi connectivity index (χ1n) is 5.60. The van der Waals surface area contributed by atoms with Crippen LogP contribution < -0.4 is 5.56 Å². The van der Waals surface area contributed by atoms with Crippen LogP contribution in [0.5, 0.6) is 0 Å². The third-order valence-electron chi connectivity index (χ3n) is 2.99. The number of aliphatic hydroxyl groups excluding tert-OH is 1. The predicted molar refractivity (Wildman–Crippen MR) is 63.4 cm³/mol. The summed E-state index contributed by atoms with van der Waals surface area (Å²) in [5.41, 5.74) is 0.153. The van der Waals surface area contributed by atoms with Crippen molar-refractivity contribution in [1.29, 1.82) is 0 Å². The van der Waals surface area contributed by atoms with Gasteiger partial charge in [-0.2, -0.15) is 0 Å². The number of carbonyl (C=O) groups excluding carboxylic acids is 1. The van der Waals surface area contributed by atoms with E-state index in [2.05, 4.69) is 4.98 Å². The number of fused-ring (bicyclic) bond motifs is 1. The quantitative estimate of drug-likeness (QED) is 0.735. The Morgan fingerprint density at radius 3 is 2.89 bits per heavy atom. The summed E-state index contributed by atoms with van der Waals surface area (Å²) in [7, 11) is 0. The van der Waals surface area contributed by atoms with Crippen molar-refractivity contribution in [2.24, 2.45) is 0 Å². The molecule has 1 amide bonds. The van der Waals surface area contributed by atoms with Gasteiger partial charge < -0.3 is 10.0 Å². The Morgan fingerprint density at radius 1 is 1.39 bits per heavy atom. The van der Waals surface area contributed by atoms with Gasteiger partial charge in [0.1, 0.15) is 11.2 Å². The largest absolute Gasteiger partial charge is 0.389 e. The highest BCUT2D eigenvalue weighted by atomic mass is 16.3. The third-order valence-corrected chi connectivity index (χ3v) is 2.99. The van der Waals surface area contributed by atoms with Gasteiger partial charge in [0.15, 0.2) is 0 Å². The van der Waals surface area contributed by atoms with E-state index in [1.54, 1.807) is 24.4 Å². The van der Waals surface area contributed by atoms with Gasteiger partial charge in [0.25, 0.3) is 11.5 Å². The van der Waals surface area contributed by atoms with Gasteiger partial charge in [-0.05, 0) is 12.1 Å². The molecular formula is C12H11N3O3. The zero-order valence-corrected chi connectivity index (χ0v) is 9.48. The van der Waals surface area contributed by atoms with Crippen molar-refractivity contribution < 1.29 is 9.90 Å². The molecule has 6 nitrogen and oxygen atoms in total. The van der Waals surface area contributed by atoms with Crippen molar-refractivity contribution in [2.45, 2.75) is 6.10 Å². The molecule has 0 spiro atoms. The molecule has 1 aliphatic rings. The molecule has 2 aromatic rings. The number of aliphatic hydroxyl groups is 1. The van der Waals surface area contributed by atoms with Crippen molar-refractivity contribution in [3.05, 3.63) is 46.5 Å². The SMILES string of the molecule is O=C(c1cnc2ccccn2c1=O)N1CC(O)C1. The molecule has 6 heteroatoms. The summed E-state index contributed by atoms with van der Waals surface area (Å²) >= 11 is 0. The Balaban J connectivity index is 2.05. The number of nitrogens with zero attached hydrogens (tertiary/aromatic N) is 3. The maximum Gasteiger partial charge on any atom is 0.270 e. The molecule has 1 aliphatic heterocycles. The summed E-state index contributed by atoms with van der Waals surface area (Å²) in [4.78, 5) is 29.6. The fraction of sp³-hybridized carbons (Fsp3) is 0.250. The molecule has 1 saturated heterocycles. The number of hydrogen-bond acceptors (Lipinski definition) is 4. The van der Waals surface area contributed by atoms with Gasteiger partial charge in [0, 0.05) is 25.5 Å². The molecule has 92 valence electrons. The van der Waals surface area contributed by atoms with E-state index in [1.165, 1.54) is 15.5 Å². The van der Waals surface area contributed by atoms with E-state index in [1.807, 2.05) is 0 Å². The first-order chi connectivity index (χ1) is 8.66. The molecule has 1 N–H and O–H groups in total. The zero-order chi connectivity index (χ0) is 12.7. The van der Waals surface area contributed by atoms with Crippen LogP contribution in [0.15, 0.2) is 35.4 Å². The first-order valence-corrected chi connectivity index (χ1v) is 5.60. The minimum Gasteiger partial charge on any atom is -0.389 e. The second kappa shape index (κ2) is 3.92. The highest BCUT2D eigenvalue weighted by molar-refractivity contribution is 5.94. The normalized spacial score (nSPS) is 15.7. The van der Waals surface area contributed by atoms with Crippen LogP contribution in [0.3, 0.4) is 0 Å². The second-order valence-corrected chi connectivity index (χ2v) is 4.27. The zero-order valence-electron chi connectivity index (χ0n) is 9.48. The first kappa shape index (κ1) is 10.9. The number of rotatable bonds is 1. The van der Waals surface area contributed by atoms with Crippen LogP contribution in [-0.2, 0) is 0 Å². The fourth-order valence-electron chi connectivity index (χ4n) is 1.96. The van der Waals surface area contributed by atoms with E-state index in [0.29, 0.717) is 5.65 Å². The van der Waals surface area contributed by atoms with Crippen LogP contribution in [0.1, 0.15) is 10.4 Å². The lowest BCUT2D eigenvalue weighted by Gasteiger charge is -2.35. The summed E-state index contributed by atoms with van der Waals surface area (Å²) in [6.07, 6.45) is 2.39. The molecule has 0 atom stereocenters. The van der Waals surface area contributed by atoms with Crippen LogP contribution in [0.2, 0.25) is 0 Å². The van der Waals surface area contributed by atoms with E-state index in [0.717, 1.165) is 0 Å². The molecule has 0 saturated carbocycles. The second-order valence-electron chi connectivity index (χ2n) is 4.27. The molecule has 1 fully saturated rings. The standard InChI is InChI=1S/C12H11N3O3/c16-8-6-14(7-8)11(17)9-5-13-10-3-1-2-4-15(10)12(9)18/h1-5,8,16H,6-7H2. The van der Waals surface area contributed by atoms with Crippen LogP contribution >= 0.6 is 0 Å². The number of aromatic nitrogens is 2. The van der Waals surface area contributed by atoms with E-state index in [9.17, 15) is 9.59 Å². The van der Waals surface area contributed by atoms with Gasteiger partial charge in [0.05, 0.1) is 6.10 Å². The van der Waals surface area contributed by atoms with Crippen molar-refractivity contribution in [3.8, 4) is 0 Å². The Morgan fingerprint density at radius 2 is 2.17 bits per heavy atom. The Bertz CT molecular complexity index is 674. The van der Waals surface area contributed by atoms with Crippen LogP contribution in [0, 0.1) is 0 Å². The Hall–Kier alpha value is -2.21. The molecule has 0 unspecified atom stereocenters. The van der Waals surface area contributed by atoms with Crippen molar-refractivity contribution in [1.82, 2.24) is 14.3 Å². The topological polar surface area (TPSA) is 74.9 Å². The molecule has 0 aliphatic carbocycles. The molecular weight excluding hydrogens is 234 g/mol. The summed E-state index contributed by atoms with van der Waals surface area (Å²) < 4.78 is 1.34. The van der Waals surface area contributed by atoms with Gasteiger partial charge >= 0.3 is 0 Å². The molecule has 0 aromatic carbocycles. The van der Waals surface area contributed by atoms with E-state index < -0.39 is 6.10 Å². The van der Waals surface area contributed by atoms with E-state index in [4.69, 9.17) is 5.11 Å². The lowest BCUT2D eigenvalue weighted by Crippen LogP contribution is -2.54. The van der Waals surface area contributed by atoms with Crippen LogP contribution in [0.25, 0.3) is 5.65 Å². The van der Waals surface area contributed by atoms with Crippen molar-refractivity contribution in [2.75, 3.05) is 13.1 Å².